The third kappa shape index (κ3) is 9.56. The Kier molecular flexibility index (Phi) is 10.8. The summed E-state index contributed by atoms with van der Waals surface area (Å²) in [6, 6.07) is -5.70. The van der Waals surface area contributed by atoms with Gasteiger partial charge in [0.15, 0.2) is 0 Å². The Balaban J connectivity index is 2.96. The van der Waals surface area contributed by atoms with Gasteiger partial charge in [-0.15, -0.1) is 0 Å². The Morgan fingerprint density at radius 2 is 1.55 bits per heavy atom. The summed E-state index contributed by atoms with van der Waals surface area (Å²) in [5, 5.41) is 24.6. The highest BCUT2D eigenvalue weighted by Crippen LogP contribution is 2.03. The molecule has 0 radical (unpaired) electrons. The van der Waals surface area contributed by atoms with Crippen LogP contribution >= 0.6 is 12.6 Å². The van der Waals surface area contributed by atoms with Gasteiger partial charge in [-0.2, -0.15) is 12.6 Å². The monoisotopic (exact) mass is 487 g/mol. The van der Waals surface area contributed by atoms with Crippen molar-refractivity contribution in [2.24, 2.45) is 11.5 Å². The minimum atomic E-state index is -1.63. The van der Waals surface area contributed by atoms with E-state index >= 15 is 0 Å². The van der Waals surface area contributed by atoms with Gasteiger partial charge >= 0.3 is 11.9 Å². The molecule has 10 N–H and O–H groups in total. The largest absolute Gasteiger partial charge is 0.481 e. The third-order valence-corrected chi connectivity index (χ3v) is 4.54. The van der Waals surface area contributed by atoms with E-state index in [0.717, 1.165) is 0 Å². The van der Waals surface area contributed by atoms with E-state index in [1.165, 1.54) is 12.5 Å². The van der Waals surface area contributed by atoms with E-state index in [1.807, 2.05) is 0 Å². The van der Waals surface area contributed by atoms with Crippen molar-refractivity contribution in [2.75, 3.05) is 5.75 Å². The number of nitrogens with one attached hydrogen (secondary N) is 4. The summed E-state index contributed by atoms with van der Waals surface area (Å²) < 4.78 is 0. The molecule has 0 aromatic carbocycles. The van der Waals surface area contributed by atoms with Gasteiger partial charge in [-0.05, 0) is 0 Å². The number of carboxylic acid groups (broad SMARTS) is 2. The lowest BCUT2D eigenvalue weighted by atomic mass is 10.1. The van der Waals surface area contributed by atoms with Crippen molar-refractivity contribution < 1.29 is 39.0 Å². The summed E-state index contributed by atoms with van der Waals surface area (Å²) in [6.45, 7) is 0. The van der Waals surface area contributed by atoms with Crippen LogP contribution in [0.15, 0.2) is 12.5 Å². The van der Waals surface area contributed by atoms with Crippen molar-refractivity contribution in [1.82, 2.24) is 25.9 Å². The van der Waals surface area contributed by atoms with Crippen molar-refractivity contribution in [1.29, 1.82) is 0 Å². The summed E-state index contributed by atoms with van der Waals surface area (Å²) in [4.78, 5) is 77.0. The number of aliphatic carboxylic acids is 2. The first-order valence-corrected chi connectivity index (χ1v) is 10.1. The lowest BCUT2D eigenvalue weighted by Crippen LogP contribution is -2.58. The summed E-state index contributed by atoms with van der Waals surface area (Å²) in [5.74, 6) is -6.76. The molecule has 1 rings (SSSR count). The molecular weight excluding hydrogens is 462 g/mol. The molecule has 0 spiro atoms. The number of aromatic amines is 1. The average molecular weight is 487 g/mol. The van der Waals surface area contributed by atoms with Crippen LogP contribution in [0.25, 0.3) is 0 Å². The van der Waals surface area contributed by atoms with Crippen LogP contribution in [-0.2, 0) is 35.2 Å². The number of carbonyl (C=O) groups excluding carboxylic acids is 4. The maximum atomic E-state index is 12.7. The van der Waals surface area contributed by atoms with Gasteiger partial charge < -0.3 is 42.6 Å². The molecule has 0 saturated heterocycles. The molecular formula is C17H25N7O8S. The minimum absolute atomic E-state index is 0.147. The number of thiol groups is 1. The van der Waals surface area contributed by atoms with Crippen molar-refractivity contribution in [2.45, 2.75) is 43.4 Å². The predicted molar refractivity (Wildman–Crippen MR) is 114 cm³/mol. The van der Waals surface area contributed by atoms with Crippen molar-refractivity contribution >= 4 is 48.2 Å². The van der Waals surface area contributed by atoms with Gasteiger partial charge in [0.1, 0.15) is 18.1 Å². The molecule has 0 aliphatic heterocycles. The Bertz CT molecular complexity index is 879. The SMILES string of the molecule is NC(=O)CC(NC(=O)C(Cc1cnc[nH]1)NC(=O)C(CS)NC(=O)C(N)CC(=O)O)C(=O)O. The molecule has 33 heavy (non-hydrogen) atoms. The number of imidazole rings is 1. The van der Waals surface area contributed by atoms with Gasteiger partial charge in [-0.1, -0.05) is 0 Å². The number of amides is 4. The maximum Gasteiger partial charge on any atom is 0.326 e. The molecule has 4 amide bonds. The number of carbonyl (C=O) groups is 6. The van der Waals surface area contributed by atoms with Crippen molar-refractivity contribution in [3.63, 3.8) is 0 Å². The number of rotatable bonds is 14. The van der Waals surface area contributed by atoms with Gasteiger partial charge in [-0.3, -0.25) is 24.0 Å². The van der Waals surface area contributed by atoms with Crippen LogP contribution in [-0.4, -0.2) is 85.7 Å². The highest BCUT2D eigenvalue weighted by molar-refractivity contribution is 7.80. The normalized spacial score (nSPS) is 14.2. The highest BCUT2D eigenvalue weighted by atomic mass is 32.1. The van der Waals surface area contributed by atoms with E-state index < -0.39 is 72.6 Å². The van der Waals surface area contributed by atoms with Gasteiger partial charge in [0.2, 0.25) is 23.6 Å². The molecule has 0 bridgehead atoms. The van der Waals surface area contributed by atoms with Crippen LogP contribution in [0.4, 0.5) is 0 Å². The van der Waals surface area contributed by atoms with Crippen LogP contribution in [0.2, 0.25) is 0 Å². The van der Waals surface area contributed by atoms with E-state index in [4.69, 9.17) is 16.6 Å². The number of carboxylic acids is 2. The molecule has 16 heteroatoms. The Morgan fingerprint density at radius 1 is 0.970 bits per heavy atom. The van der Waals surface area contributed by atoms with E-state index in [1.54, 1.807) is 0 Å². The quantitative estimate of drug-likeness (QED) is 0.115. The van der Waals surface area contributed by atoms with E-state index in [9.17, 15) is 33.9 Å². The number of nitrogens with two attached hydrogens (primary N) is 2. The molecule has 4 unspecified atom stereocenters. The fourth-order valence-electron chi connectivity index (χ4n) is 2.53. The van der Waals surface area contributed by atoms with Crippen LogP contribution in [0, 0.1) is 0 Å². The molecule has 1 heterocycles. The lowest BCUT2D eigenvalue weighted by molar-refractivity contribution is -0.143. The zero-order valence-electron chi connectivity index (χ0n) is 17.2. The second kappa shape index (κ2) is 13.0. The van der Waals surface area contributed by atoms with Crippen molar-refractivity contribution in [3.05, 3.63) is 18.2 Å². The van der Waals surface area contributed by atoms with Crippen LogP contribution in [0.1, 0.15) is 18.5 Å². The first kappa shape index (κ1) is 27.4. The van der Waals surface area contributed by atoms with Gasteiger partial charge in [0, 0.05) is 24.1 Å². The first-order valence-electron chi connectivity index (χ1n) is 9.42. The van der Waals surface area contributed by atoms with Crippen molar-refractivity contribution in [3.8, 4) is 0 Å². The second-order valence-electron chi connectivity index (χ2n) is 6.86. The number of nitrogens with zero attached hydrogens (tertiary/aromatic N) is 1. The third-order valence-electron chi connectivity index (χ3n) is 4.18. The molecule has 4 atom stereocenters. The Labute approximate surface area is 192 Å². The average Bonchev–Trinajstić information content (AvgIpc) is 3.22. The zero-order valence-corrected chi connectivity index (χ0v) is 18.1. The van der Waals surface area contributed by atoms with Gasteiger partial charge in [0.05, 0.1) is 25.2 Å². The summed E-state index contributed by atoms with van der Waals surface area (Å²) in [5.41, 5.74) is 10.9. The standard InChI is InChI=1S/C17H25N7O8S/c18-8(2-13(26)27)14(28)24-11(5-33)16(30)22-9(1-7-4-20-6-21-7)15(29)23-10(17(31)32)3-12(19)25/h4,6,8-11,33H,1-3,5,18H2,(H2,19,25)(H,20,21)(H,22,30)(H,23,29)(H,24,28)(H,26,27)(H,31,32). The smallest absolute Gasteiger partial charge is 0.326 e. The fourth-order valence-corrected chi connectivity index (χ4v) is 2.78. The van der Waals surface area contributed by atoms with E-state index in [2.05, 4.69) is 38.5 Å². The number of hydrogen-bond donors (Lipinski definition) is 9. The molecule has 0 aliphatic rings. The predicted octanol–water partition coefficient (Wildman–Crippen LogP) is -3.90. The molecule has 0 aliphatic carbocycles. The maximum absolute atomic E-state index is 12.7. The molecule has 1 aromatic rings. The molecule has 182 valence electrons. The number of aromatic nitrogens is 2. The zero-order chi connectivity index (χ0) is 25.1. The summed E-state index contributed by atoms with van der Waals surface area (Å²) >= 11 is 3.97. The molecule has 1 aromatic heterocycles. The molecule has 15 nitrogen and oxygen atoms in total. The van der Waals surface area contributed by atoms with E-state index in [-0.39, 0.29) is 12.2 Å². The summed E-state index contributed by atoms with van der Waals surface area (Å²) in [7, 11) is 0. The number of hydrogen-bond acceptors (Lipinski definition) is 9. The van der Waals surface area contributed by atoms with Gasteiger partial charge in [0.25, 0.3) is 0 Å². The highest BCUT2D eigenvalue weighted by Gasteiger charge is 2.31. The van der Waals surface area contributed by atoms with Crippen LogP contribution < -0.4 is 27.4 Å². The lowest BCUT2D eigenvalue weighted by Gasteiger charge is -2.24. The number of primary amides is 1. The molecule has 0 saturated carbocycles. The summed E-state index contributed by atoms with van der Waals surface area (Å²) in [6.07, 6.45) is 1.19. The van der Waals surface area contributed by atoms with Crippen LogP contribution in [0.5, 0.6) is 0 Å². The second-order valence-corrected chi connectivity index (χ2v) is 7.23. The fraction of sp³-hybridized carbons (Fsp3) is 0.471. The van der Waals surface area contributed by atoms with E-state index in [0.29, 0.717) is 5.69 Å². The minimum Gasteiger partial charge on any atom is -0.481 e. The Morgan fingerprint density at radius 3 is 2.03 bits per heavy atom. The molecule has 0 fully saturated rings. The van der Waals surface area contributed by atoms with Gasteiger partial charge in [-0.25, -0.2) is 9.78 Å². The number of H-pyrrole nitrogens is 1. The topological polar surface area (TPSA) is 260 Å². The Hall–Kier alpha value is -3.66. The van der Waals surface area contributed by atoms with Crippen LogP contribution in [0.3, 0.4) is 0 Å². The first-order chi connectivity index (χ1) is 15.4.